The second kappa shape index (κ2) is 12.0. The van der Waals surface area contributed by atoms with Crippen molar-refractivity contribution in [1.82, 2.24) is 5.32 Å². The lowest BCUT2D eigenvalue weighted by Gasteiger charge is -2.24. The molecular weight excluding hydrogens is 496 g/mol. The van der Waals surface area contributed by atoms with Crippen LogP contribution in [-0.4, -0.2) is 47.4 Å². The average molecular weight is 521 g/mol. The highest BCUT2D eigenvalue weighted by Gasteiger charge is 2.28. The minimum Gasteiger partial charge on any atom is -0.493 e. The number of ether oxygens (including phenoxy) is 2. The largest absolute Gasteiger partial charge is 0.493 e. The minimum atomic E-state index is -4.07. The Labute approximate surface area is 209 Å². The fourth-order valence-electron chi connectivity index (χ4n) is 3.09. The number of nitrogens with zero attached hydrogens (tertiary/aromatic N) is 1. The zero-order valence-electron chi connectivity index (χ0n) is 18.7. The van der Waals surface area contributed by atoms with Crippen molar-refractivity contribution in [2.45, 2.75) is 9.79 Å². The van der Waals surface area contributed by atoms with Crippen molar-refractivity contribution in [3.8, 4) is 11.5 Å². The van der Waals surface area contributed by atoms with Crippen molar-refractivity contribution >= 4 is 45.0 Å². The number of sulfonamides is 1. The highest BCUT2D eigenvalue weighted by Crippen LogP contribution is 2.32. The van der Waals surface area contributed by atoms with Crippen molar-refractivity contribution in [1.29, 1.82) is 0 Å². The molecule has 3 aromatic carbocycles. The first-order valence-electron chi connectivity index (χ1n) is 10.3. The van der Waals surface area contributed by atoms with Crippen molar-refractivity contribution in [3.05, 3.63) is 77.8 Å². The maximum atomic E-state index is 13.5. The Morgan fingerprint density at radius 3 is 2.29 bits per heavy atom. The van der Waals surface area contributed by atoms with Crippen molar-refractivity contribution in [2.75, 3.05) is 37.4 Å². The van der Waals surface area contributed by atoms with Crippen LogP contribution in [-0.2, 0) is 14.8 Å². The number of anilines is 1. The quantitative estimate of drug-likeness (QED) is 0.297. The van der Waals surface area contributed by atoms with Crippen molar-refractivity contribution < 1.29 is 22.7 Å². The van der Waals surface area contributed by atoms with Gasteiger partial charge < -0.3 is 14.8 Å². The van der Waals surface area contributed by atoms with Gasteiger partial charge in [0.25, 0.3) is 10.0 Å². The summed E-state index contributed by atoms with van der Waals surface area (Å²) in [7, 11) is -1.17. The maximum Gasteiger partial charge on any atom is 0.264 e. The van der Waals surface area contributed by atoms with Gasteiger partial charge in [-0.25, -0.2) is 8.42 Å². The van der Waals surface area contributed by atoms with E-state index in [0.717, 1.165) is 9.20 Å². The Morgan fingerprint density at radius 2 is 1.65 bits per heavy atom. The lowest BCUT2D eigenvalue weighted by Crippen LogP contribution is -2.41. The van der Waals surface area contributed by atoms with E-state index < -0.39 is 15.9 Å². The summed E-state index contributed by atoms with van der Waals surface area (Å²) in [6, 6.07) is 20.2. The van der Waals surface area contributed by atoms with Crippen LogP contribution in [0.3, 0.4) is 0 Å². The van der Waals surface area contributed by atoms with Gasteiger partial charge in [0, 0.05) is 28.3 Å². The standard InChI is InChI=1S/C24H25ClN2O5S2/c1-31-22-13-12-21(16-23(22)32-2)34(29,30)27(19-6-4-3-5-7-19)17-24(28)26-14-15-33-20-10-8-18(25)9-11-20/h3-13,16H,14-15,17H2,1-2H3,(H,26,28). The molecule has 0 aromatic heterocycles. The number of carbonyl (C=O) groups excluding carboxylic acids is 1. The molecule has 0 heterocycles. The van der Waals surface area contributed by atoms with Gasteiger partial charge >= 0.3 is 0 Å². The van der Waals surface area contributed by atoms with Crippen molar-refractivity contribution in [2.24, 2.45) is 0 Å². The molecule has 1 N–H and O–H groups in total. The third-order valence-corrected chi connectivity index (χ3v) is 7.82. The Hall–Kier alpha value is -2.88. The van der Waals surface area contributed by atoms with Crippen LogP contribution in [0.4, 0.5) is 5.69 Å². The third-order valence-electron chi connectivity index (χ3n) is 4.78. The number of halogens is 1. The van der Waals surface area contributed by atoms with Gasteiger partial charge in [-0.3, -0.25) is 9.10 Å². The number of thioether (sulfide) groups is 1. The molecule has 0 fully saturated rings. The zero-order valence-corrected chi connectivity index (χ0v) is 21.1. The molecule has 10 heteroatoms. The van der Waals surface area contributed by atoms with E-state index in [-0.39, 0.29) is 17.2 Å². The van der Waals surface area contributed by atoms with Crippen LogP contribution in [0.2, 0.25) is 5.02 Å². The van der Waals surface area contributed by atoms with Gasteiger partial charge in [0.15, 0.2) is 11.5 Å². The van der Waals surface area contributed by atoms with Gasteiger partial charge in [0.2, 0.25) is 5.91 Å². The molecule has 0 aliphatic carbocycles. The maximum absolute atomic E-state index is 13.5. The topological polar surface area (TPSA) is 84.9 Å². The summed E-state index contributed by atoms with van der Waals surface area (Å²) < 4.78 is 38.6. The van der Waals surface area contributed by atoms with Crippen LogP contribution in [0.25, 0.3) is 0 Å². The Kier molecular flexibility index (Phi) is 9.09. The molecule has 0 unspecified atom stereocenters. The predicted molar refractivity (Wildman–Crippen MR) is 136 cm³/mol. The molecule has 180 valence electrons. The monoisotopic (exact) mass is 520 g/mol. The first kappa shape index (κ1) is 25.7. The lowest BCUT2D eigenvalue weighted by molar-refractivity contribution is -0.119. The molecule has 0 aliphatic rings. The number of nitrogens with one attached hydrogen (secondary N) is 1. The van der Waals surface area contributed by atoms with E-state index in [4.69, 9.17) is 21.1 Å². The van der Waals surface area contributed by atoms with E-state index in [1.807, 2.05) is 12.1 Å². The van der Waals surface area contributed by atoms with Crippen LogP contribution < -0.4 is 19.1 Å². The second-order valence-electron chi connectivity index (χ2n) is 7.02. The highest BCUT2D eigenvalue weighted by atomic mass is 35.5. The minimum absolute atomic E-state index is 0.0138. The Bertz CT molecular complexity index is 1210. The first-order chi connectivity index (χ1) is 16.3. The summed E-state index contributed by atoms with van der Waals surface area (Å²) in [5.74, 6) is 0.898. The lowest BCUT2D eigenvalue weighted by atomic mass is 10.3. The SMILES string of the molecule is COc1ccc(S(=O)(=O)N(CC(=O)NCCSc2ccc(Cl)cc2)c2ccccc2)cc1OC. The van der Waals surface area contributed by atoms with Gasteiger partial charge in [0.05, 0.1) is 24.8 Å². The first-order valence-corrected chi connectivity index (χ1v) is 13.1. The molecule has 0 radical (unpaired) electrons. The molecule has 0 saturated heterocycles. The summed E-state index contributed by atoms with van der Waals surface area (Å²) in [4.78, 5) is 13.7. The summed E-state index contributed by atoms with van der Waals surface area (Å²) in [5, 5.41) is 3.45. The predicted octanol–water partition coefficient (Wildman–Crippen LogP) is 4.46. The Morgan fingerprint density at radius 1 is 0.971 bits per heavy atom. The normalized spacial score (nSPS) is 11.0. The van der Waals surface area contributed by atoms with E-state index in [1.165, 1.54) is 32.4 Å². The summed E-state index contributed by atoms with van der Waals surface area (Å²) in [5.41, 5.74) is 0.378. The number of amides is 1. The fraction of sp³-hybridized carbons (Fsp3) is 0.208. The number of hydrogen-bond acceptors (Lipinski definition) is 6. The summed E-state index contributed by atoms with van der Waals surface area (Å²) >= 11 is 7.46. The molecule has 0 spiro atoms. The van der Waals surface area contributed by atoms with E-state index in [9.17, 15) is 13.2 Å². The molecule has 0 aliphatic heterocycles. The summed E-state index contributed by atoms with van der Waals surface area (Å²) in [6.45, 7) is 0.0114. The van der Waals surface area contributed by atoms with E-state index in [0.29, 0.717) is 28.8 Å². The molecule has 7 nitrogen and oxygen atoms in total. The Balaban J connectivity index is 1.73. The molecule has 3 aromatic rings. The van der Waals surface area contributed by atoms with Crippen LogP contribution in [0.15, 0.2) is 82.6 Å². The highest BCUT2D eigenvalue weighted by molar-refractivity contribution is 7.99. The molecule has 1 amide bonds. The second-order valence-corrected chi connectivity index (χ2v) is 10.5. The van der Waals surface area contributed by atoms with Crippen LogP contribution >= 0.6 is 23.4 Å². The van der Waals surface area contributed by atoms with Gasteiger partial charge in [-0.2, -0.15) is 0 Å². The van der Waals surface area contributed by atoms with Crippen molar-refractivity contribution in [3.63, 3.8) is 0 Å². The number of methoxy groups -OCH3 is 2. The summed E-state index contributed by atoms with van der Waals surface area (Å²) in [6.07, 6.45) is 0. The molecule has 34 heavy (non-hydrogen) atoms. The van der Waals surface area contributed by atoms with E-state index in [2.05, 4.69) is 5.32 Å². The van der Waals surface area contributed by atoms with Crippen LogP contribution in [0.5, 0.6) is 11.5 Å². The van der Waals surface area contributed by atoms with E-state index in [1.54, 1.807) is 54.2 Å². The molecule has 0 bridgehead atoms. The van der Waals surface area contributed by atoms with Gasteiger partial charge in [0.1, 0.15) is 6.54 Å². The number of carbonyl (C=O) groups is 1. The molecular formula is C24H25ClN2O5S2. The van der Waals surface area contributed by atoms with Gasteiger partial charge in [-0.15, -0.1) is 11.8 Å². The smallest absolute Gasteiger partial charge is 0.264 e. The number of para-hydroxylation sites is 1. The van der Waals surface area contributed by atoms with Gasteiger partial charge in [-0.1, -0.05) is 29.8 Å². The molecule has 0 saturated carbocycles. The molecule has 3 rings (SSSR count). The van der Waals surface area contributed by atoms with Crippen LogP contribution in [0, 0.1) is 0 Å². The zero-order chi connectivity index (χ0) is 24.6. The molecule has 0 atom stereocenters. The third kappa shape index (κ3) is 6.59. The van der Waals surface area contributed by atoms with Gasteiger partial charge in [-0.05, 0) is 48.5 Å². The van der Waals surface area contributed by atoms with E-state index >= 15 is 0 Å². The fourth-order valence-corrected chi connectivity index (χ4v) is 5.42. The number of hydrogen-bond donors (Lipinski definition) is 1. The van der Waals surface area contributed by atoms with Crippen LogP contribution in [0.1, 0.15) is 0 Å². The number of rotatable bonds is 11. The number of benzene rings is 3. The average Bonchev–Trinajstić information content (AvgIpc) is 2.86.